The SMILES string of the molecule is N#Cc1ncc(-c2ccc(Cl)cc2Cl)cc1F. The van der Waals surface area contributed by atoms with Crippen LogP contribution in [0.4, 0.5) is 4.39 Å². The van der Waals surface area contributed by atoms with Crippen molar-refractivity contribution in [3.63, 3.8) is 0 Å². The standard InChI is InChI=1S/C12H5Cl2FN2/c13-8-1-2-9(10(14)4-8)7-3-11(15)12(5-16)17-6-7/h1-4,6H. The molecule has 0 amide bonds. The highest BCUT2D eigenvalue weighted by Crippen LogP contribution is 2.30. The van der Waals surface area contributed by atoms with Gasteiger partial charge < -0.3 is 0 Å². The van der Waals surface area contributed by atoms with Gasteiger partial charge in [0.25, 0.3) is 0 Å². The average Bonchev–Trinajstić information content (AvgIpc) is 2.29. The maximum absolute atomic E-state index is 13.4. The van der Waals surface area contributed by atoms with E-state index in [2.05, 4.69) is 4.98 Å². The van der Waals surface area contributed by atoms with Crippen LogP contribution in [-0.4, -0.2) is 4.98 Å². The smallest absolute Gasteiger partial charge is 0.176 e. The Kier molecular flexibility index (Phi) is 3.28. The van der Waals surface area contributed by atoms with Crippen LogP contribution in [0.1, 0.15) is 5.69 Å². The van der Waals surface area contributed by atoms with Crippen molar-refractivity contribution in [2.24, 2.45) is 0 Å². The highest BCUT2D eigenvalue weighted by Gasteiger charge is 2.09. The summed E-state index contributed by atoms with van der Waals surface area (Å²) in [5, 5.41) is 9.48. The number of benzene rings is 1. The lowest BCUT2D eigenvalue weighted by Gasteiger charge is -2.05. The first kappa shape index (κ1) is 11.8. The van der Waals surface area contributed by atoms with Gasteiger partial charge in [-0.1, -0.05) is 29.3 Å². The lowest BCUT2D eigenvalue weighted by atomic mass is 10.1. The highest BCUT2D eigenvalue weighted by atomic mass is 35.5. The van der Waals surface area contributed by atoms with E-state index in [9.17, 15) is 4.39 Å². The van der Waals surface area contributed by atoms with Crippen LogP contribution in [0.25, 0.3) is 11.1 Å². The molecule has 0 aliphatic rings. The van der Waals surface area contributed by atoms with Crippen LogP contribution in [0.2, 0.25) is 10.0 Å². The largest absolute Gasteiger partial charge is 0.242 e. The molecular weight excluding hydrogens is 262 g/mol. The van der Waals surface area contributed by atoms with Gasteiger partial charge in [0.15, 0.2) is 11.5 Å². The van der Waals surface area contributed by atoms with Crippen LogP contribution in [-0.2, 0) is 0 Å². The lowest BCUT2D eigenvalue weighted by molar-refractivity contribution is 0.617. The van der Waals surface area contributed by atoms with Crippen LogP contribution in [0.3, 0.4) is 0 Å². The second-order valence-electron chi connectivity index (χ2n) is 3.29. The van der Waals surface area contributed by atoms with E-state index in [4.69, 9.17) is 28.5 Å². The third kappa shape index (κ3) is 2.38. The van der Waals surface area contributed by atoms with Crippen LogP contribution in [0.5, 0.6) is 0 Å². The summed E-state index contributed by atoms with van der Waals surface area (Å²) in [5.41, 5.74) is 0.883. The molecule has 0 spiro atoms. The first-order valence-electron chi connectivity index (χ1n) is 4.63. The van der Waals surface area contributed by atoms with Crippen LogP contribution >= 0.6 is 23.2 Å². The summed E-state index contributed by atoms with van der Waals surface area (Å²) in [5.74, 6) is -0.670. The molecule has 17 heavy (non-hydrogen) atoms. The molecule has 0 N–H and O–H groups in total. The number of hydrogen-bond acceptors (Lipinski definition) is 2. The van der Waals surface area contributed by atoms with Gasteiger partial charge in [-0.3, -0.25) is 0 Å². The number of rotatable bonds is 1. The molecule has 0 saturated carbocycles. The highest BCUT2D eigenvalue weighted by molar-refractivity contribution is 6.36. The predicted octanol–water partition coefficient (Wildman–Crippen LogP) is 4.07. The molecule has 0 aliphatic carbocycles. The van der Waals surface area contributed by atoms with Crippen molar-refractivity contribution in [1.29, 1.82) is 5.26 Å². The Morgan fingerprint density at radius 2 is 2.00 bits per heavy atom. The minimum absolute atomic E-state index is 0.237. The van der Waals surface area contributed by atoms with Crippen molar-refractivity contribution < 1.29 is 4.39 Å². The molecule has 5 heteroatoms. The Morgan fingerprint density at radius 3 is 2.59 bits per heavy atom. The lowest BCUT2D eigenvalue weighted by Crippen LogP contribution is -1.90. The van der Waals surface area contributed by atoms with Crippen molar-refractivity contribution >= 4 is 23.2 Å². The maximum Gasteiger partial charge on any atom is 0.176 e. The molecule has 0 bridgehead atoms. The Labute approximate surface area is 107 Å². The second kappa shape index (κ2) is 4.70. The molecule has 2 nitrogen and oxygen atoms in total. The van der Waals surface area contributed by atoms with Gasteiger partial charge in [-0.25, -0.2) is 9.37 Å². The summed E-state index contributed by atoms with van der Waals surface area (Å²) in [6, 6.07) is 7.77. The molecule has 0 radical (unpaired) electrons. The zero-order valence-corrected chi connectivity index (χ0v) is 9.93. The van der Waals surface area contributed by atoms with Gasteiger partial charge in [-0.15, -0.1) is 0 Å². The summed E-state index contributed by atoms with van der Waals surface area (Å²) in [6.07, 6.45) is 1.40. The van der Waals surface area contributed by atoms with E-state index < -0.39 is 5.82 Å². The van der Waals surface area contributed by atoms with E-state index in [1.807, 2.05) is 0 Å². The number of nitrogens with zero attached hydrogens (tertiary/aromatic N) is 2. The van der Waals surface area contributed by atoms with E-state index in [1.165, 1.54) is 12.3 Å². The van der Waals surface area contributed by atoms with E-state index in [-0.39, 0.29) is 5.69 Å². The molecule has 2 aromatic rings. The maximum atomic E-state index is 13.4. The van der Waals surface area contributed by atoms with Crippen molar-refractivity contribution in [2.75, 3.05) is 0 Å². The number of halogens is 3. The van der Waals surface area contributed by atoms with Crippen molar-refractivity contribution in [3.8, 4) is 17.2 Å². The second-order valence-corrected chi connectivity index (χ2v) is 4.13. The Morgan fingerprint density at radius 1 is 1.24 bits per heavy atom. The van der Waals surface area contributed by atoms with Crippen LogP contribution < -0.4 is 0 Å². The summed E-state index contributed by atoms with van der Waals surface area (Å²) in [4.78, 5) is 3.71. The molecule has 2 rings (SSSR count). The predicted molar refractivity (Wildman–Crippen MR) is 64.4 cm³/mol. The first-order chi connectivity index (χ1) is 8.11. The molecular formula is C12H5Cl2FN2. The number of aromatic nitrogens is 1. The van der Waals surface area contributed by atoms with Gasteiger partial charge >= 0.3 is 0 Å². The minimum Gasteiger partial charge on any atom is -0.242 e. The van der Waals surface area contributed by atoms with E-state index in [0.717, 1.165) is 0 Å². The Bertz CT molecular complexity index is 620. The fraction of sp³-hybridized carbons (Fsp3) is 0. The van der Waals surface area contributed by atoms with E-state index >= 15 is 0 Å². The first-order valence-corrected chi connectivity index (χ1v) is 5.38. The van der Waals surface area contributed by atoms with Crippen LogP contribution in [0.15, 0.2) is 30.5 Å². The molecule has 0 aliphatic heterocycles. The molecule has 1 aromatic heterocycles. The van der Waals surface area contributed by atoms with Crippen molar-refractivity contribution in [2.45, 2.75) is 0 Å². The molecule has 0 saturated heterocycles. The van der Waals surface area contributed by atoms with Gasteiger partial charge in [0.1, 0.15) is 6.07 Å². The molecule has 84 valence electrons. The molecule has 0 unspecified atom stereocenters. The molecule has 0 fully saturated rings. The minimum atomic E-state index is -0.670. The quantitative estimate of drug-likeness (QED) is 0.780. The van der Waals surface area contributed by atoms with Crippen molar-refractivity contribution in [1.82, 2.24) is 4.98 Å². The number of nitriles is 1. The Hall–Kier alpha value is -1.63. The summed E-state index contributed by atoms with van der Waals surface area (Å²) in [6.45, 7) is 0. The van der Waals surface area contributed by atoms with Crippen LogP contribution in [0, 0.1) is 17.1 Å². The van der Waals surface area contributed by atoms with Gasteiger partial charge in [-0.2, -0.15) is 5.26 Å². The average molecular weight is 267 g/mol. The van der Waals surface area contributed by atoms with Gasteiger partial charge in [0, 0.05) is 27.4 Å². The zero-order valence-electron chi connectivity index (χ0n) is 8.42. The molecule has 1 heterocycles. The fourth-order valence-electron chi connectivity index (χ4n) is 1.39. The van der Waals surface area contributed by atoms with E-state index in [0.29, 0.717) is 21.2 Å². The normalized spacial score (nSPS) is 10.0. The fourth-order valence-corrected chi connectivity index (χ4v) is 1.91. The zero-order chi connectivity index (χ0) is 12.4. The number of hydrogen-bond donors (Lipinski definition) is 0. The molecule has 1 aromatic carbocycles. The third-order valence-corrected chi connectivity index (χ3v) is 2.74. The third-order valence-electron chi connectivity index (χ3n) is 2.19. The topological polar surface area (TPSA) is 36.7 Å². The number of pyridine rings is 1. The van der Waals surface area contributed by atoms with Crippen molar-refractivity contribution in [3.05, 3.63) is 52.0 Å². The Balaban J connectivity index is 2.54. The summed E-state index contributed by atoms with van der Waals surface area (Å²) < 4.78 is 13.4. The monoisotopic (exact) mass is 266 g/mol. The van der Waals surface area contributed by atoms with Gasteiger partial charge in [0.05, 0.1) is 0 Å². The van der Waals surface area contributed by atoms with Gasteiger partial charge in [0.2, 0.25) is 0 Å². The molecule has 0 atom stereocenters. The van der Waals surface area contributed by atoms with Gasteiger partial charge in [-0.05, 0) is 18.2 Å². The summed E-state index contributed by atoms with van der Waals surface area (Å²) in [7, 11) is 0. The van der Waals surface area contributed by atoms with E-state index in [1.54, 1.807) is 24.3 Å². The summed E-state index contributed by atoms with van der Waals surface area (Å²) >= 11 is 11.8.